The van der Waals surface area contributed by atoms with E-state index >= 15 is 0 Å². The summed E-state index contributed by atoms with van der Waals surface area (Å²) in [6.45, 7) is 5.25. The van der Waals surface area contributed by atoms with Gasteiger partial charge in [-0.2, -0.15) is 0 Å². The molecule has 1 aliphatic heterocycles. The average Bonchev–Trinajstić information content (AvgIpc) is 2.96. The predicted octanol–water partition coefficient (Wildman–Crippen LogP) is -1.23. The lowest BCUT2D eigenvalue weighted by Gasteiger charge is -2.33. The van der Waals surface area contributed by atoms with E-state index in [1.54, 1.807) is 19.3 Å². The van der Waals surface area contributed by atoms with Gasteiger partial charge in [-0.1, -0.05) is 0 Å². The summed E-state index contributed by atoms with van der Waals surface area (Å²) in [5.74, 6) is 0.000908. The highest BCUT2D eigenvalue weighted by Gasteiger charge is 2.28. The SMILES string of the molecule is CB(O)N1CCN[C@@H](C(=O)NCCCn2ccnc2)C1. The van der Waals surface area contributed by atoms with E-state index in [4.69, 9.17) is 0 Å². The van der Waals surface area contributed by atoms with Crippen molar-refractivity contribution >= 4 is 13.0 Å². The molecule has 8 heteroatoms. The molecule has 20 heavy (non-hydrogen) atoms. The van der Waals surface area contributed by atoms with Gasteiger partial charge in [-0.05, 0) is 13.2 Å². The molecule has 1 amide bonds. The van der Waals surface area contributed by atoms with Crippen LogP contribution in [0.2, 0.25) is 6.82 Å². The van der Waals surface area contributed by atoms with E-state index in [0.717, 1.165) is 26.1 Å². The Bertz CT molecular complexity index is 412. The fourth-order valence-corrected chi connectivity index (χ4v) is 2.30. The van der Waals surface area contributed by atoms with Crippen LogP contribution in [0.4, 0.5) is 0 Å². The van der Waals surface area contributed by atoms with Crippen LogP contribution in [-0.2, 0) is 11.3 Å². The van der Waals surface area contributed by atoms with Gasteiger partial charge >= 0.3 is 7.05 Å². The highest BCUT2D eigenvalue weighted by molar-refractivity contribution is 6.45. The molecule has 2 heterocycles. The first kappa shape index (κ1) is 15.0. The normalized spacial score (nSPS) is 19.8. The topological polar surface area (TPSA) is 82.4 Å². The molecule has 1 atom stereocenters. The second-order valence-electron chi connectivity index (χ2n) is 5.08. The minimum atomic E-state index is -0.506. The molecule has 1 aliphatic rings. The number of aromatic nitrogens is 2. The predicted molar refractivity (Wildman–Crippen MR) is 77.1 cm³/mol. The fraction of sp³-hybridized carbons (Fsp3) is 0.667. The number of carbonyl (C=O) groups is 1. The van der Waals surface area contributed by atoms with Crippen LogP contribution in [0.5, 0.6) is 0 Å². The highest BCUT2D eigenvalue weighted by Crippen LogP contribution is 2.01. The van der Waals surface area contributed by atoms with Crippen LogP contribution in [0.3, 0.4) is 0 Å². The Hall–Kier alpha value is -1.38. The van der Waals surface area contributed by atoms with Gasteiger partial charge in [0.2, 0.25) is 5.91 Å². The van der Waals surface area contributed by atoms with Crippen molar-refractivity contribution in [2.75, 3.05) is 26.2 Å². The van der Waals surface area contributed by atoms with E-state index in [1.165, 1.54) is 0 Å². The van der Waals surface area contributed by atoms with Crippen LogP contribution in [-0.4, -0.2) is 64.6 Å². The summed E-state index contributed by atoms with van der Waals surface area (Å²) in [7, 11) is -0.506. The molecule has 1 aromatic rings. The van der Waals surface area contributed by atoms with Crippen molar-refractivity contribution in [3.05, 3.63) is 18.7 Å². The van der Waals surface area contributed by atoms with Gasteiger partial charge in [-0.25, -0.2) is 4.98 Å². The minimum Gasteiger partial charge on any atom is -0.437 e. The summed E-state index contributed by atoms with van der Waals surface area (Å²) in [6.07, 6.45) is 6.29. The molecule has 0 radical (unpaired) electrons. The molecule has 2 rings (SSSR count). The van der Waals surface area contributed by atoms with E-state index in [0.29, 0.717) is 13.1 Å². The van der Waals surface area contributed by atoms with Gasteiger partial charge in [-0.15, -0.1) is 0 Å². The molecular weight excluding hydrogens is 257 g/mol. The molecular formula is C12H22BN5O2. The molecule has 3 N–H and O–H groups in total. The van der Waals surface area contributed by atoms with Crippen molar-refractivity contribution < 1.29 is 9.82 Å². The lowest BCUT2D eigenvalue weighted by Crippen LogP contribution is -2.59. The molecule has 0 spiro atoms. The van der Waals surface area contributed by atoms with Crippen molar-refractivity contribution in [2.45, 2.75) is 25.8 Å². The number of amides is 1. The third kappa shape index (κ3) is 4.33. The second-order valence-corrected chi connectivity index (χ2v) is 5.08. The number of imidazole rings is 1. The van der Waals surface area contributed by atoms with Crippen molar-refractivity contribution in [1.82, 2.24) is 25.0 Å². The van der Waals surface area contributed by atoms with E-state index in [2.05, 4.69) is 15.6 Å². The van der Waals surface area contributed by atoms with Crippen LogP contribution in [0.25, 0.3) is 0 Å². The van der Waals surface area contributed by atoms with E-state index in [1.807, 2.05) is 15.6 Å². The Morgan fingerprint density at radius 3 is 3.20 bits per heavy atom. The summed E-state index contributed by atoms with van der Waals surface area (Å²) in [5, 5.41) is 15.7. The molecule has 0 bridgehead atoms. The van der Waals surface area contributed by atoms with Crippen molar-refractivity contribution in [3.63, 3.8) is 0 Å². The van der Waals surface area contributed by atoms with E-state index in [-0.39, 0.29) is 11.9 Å². The van der Waals surface area contributed by atoms with Crippen molar-refractivity contribution in [1.29, 1.82) is 0 Å². The van der Waals surface area contributed by atoms with Gasteiger partial charge in [-0.3, -0.25) is 4.79 Å². The van der Waals surface area contributed by atoms with Crippen molar-refractivity contribution in [3.8, 4) is 0 Å². The lowest BCUT2D eigenvalue weighted by atomic mass is 9.83. The van der Waals surface area contributed by atoms with Crippen LogP contribution in [0.15, 0.2) is 18.7 Å². The second kappa shape index (κ2) is 7.42. The highest BCUT2D eigenvalue weighted by atomic mass is 16.2. The number of nitrogens with one attached hydrogen (secondary N) is 2. The Kier molecular flexibility index (Phi) is 5.57. The number of hydrogen-bond acceptors (Lipinski definition) is 5. The molecule has 110 valence electrons. The monoisotopic (exact) mass is 279 g/mol. The summed E-state index contributed by atoms with van der Waals surface area (Å²) < 4.78 is 1.99. The number of piperazine rings is 1. The lowest BCUT2D eigenvalue weighted by molar-refractivity contribution is -0.123. The number of carbonyl (C=O) groups excluding carboxylic acids is 1. The zero-order chi connectivity index (χ0) is 14.4. The maximum atomic E-state index is 12.0. The zero-order valence-electron chi connectivity index (χ0n) is 11.8. The first-order chi connectivity index (χ1) is 9.66. The standard InChI is InChI=1S/C12H22BN5O2/c1-13(20)18-8-5-15-11(9-18)12(19)16-3-2-6-17-7-4-14-10-17/h4,7,10-11,15,20H,2-3,5-6,8-9H2,1H3,(H,16,19)/t11-/m1/s1. The Morgan fingerprint density at radius 2 is 2.50 bits per heavy atom. The summed E-state index contributed by atoms with van der Waals surface area (Å²) in [5.41, 5.74) is 0. The Labute approximate surface area is 119 Å². The van der Waals surface area contributed by atoms with Crippen LogP contribution < -0.4 is 10.6 Å². The van der Waals surface area contributed by atoms with Crippen LogP contribution >= 0.6 is 0 Å². The van der Waals surface area contributed by atoms with E-state index in [9.17, 15) is 9.82 Å². The molecule has 7 nitrogen and oxygen atoms in total. The van der Waals surface area contributed by atoms with Gasteiger partial charge in [0.25, 0.3) is 0 Å². The van der Waals surface area contributed by atoms with Gasteiger partial charge in [0, 0.05) is 45.1 Å². The first-order valence-corrected chi connectivity index (χ1v) is 7.06. The van der Waals surface area contributed by atoms with Crippen LogP contribution in [0, 0.1) is 0 Å². The quantitative estimate of drug-likeness (QED) is 0.449. The number of hydrogen-bond donors (Lipinski definition) is 3. The maximum absolute atomic E-state index is 12.0. The summed E-state index contributed by atoms with van der Waals surface area (Å²) in [4.78, 5) is 17.9. The third-order valence-corrected chi connectivity index (χ3v) is 3.50. The Morgan fingerprint density at radius 1 is 1.65 bits per heavy atom. The molecule has 1 fully saturated rings. The molecule has 1 aromatic heterocycles. The number of nitrogens with zero attached hydrogens (tertiary/aromatic N) is 3. The molecule has 0 saturated carbocycles. The minimum absolute atomic E-state index is 0.000908. The largest absolute Gasteiger partial charge is 0.437 e. The summed E-state index contributed by atoms with van der Waals surface area (Å²) >= 11 is 0. The molecule has 0 aliphatic carbocycles. The Balaban J connectivity index is 1.66. The van der Waals surface area contributed by atoms with Gasteiger partial charge in [0.15, 0.2) is 0 Å². The molecule has 0 unspecified atom stereocenters. The zero-order valence-corrected chi connectivity index (χ0v) is 11.8. The molecule has 1 saturated heterocycles. The first-order valence-electron chi connectivity index (χ1n) is 7.06. The molecule has 0 aromatic carbocycles. The number of rotatable bonds is 6. The maximum Gasteiger partial charge on any atom is 0.376 e. The van der Waals surface area contributed by atoms with E-state index < -0.39 is 7.05 Å². The van der Waals surface area contributed by atoms with Crippen LogP contribution in [0.1, 0.15) is 6.42 Å². The fourth-order valence-electron chi connectivity index (χ4n) is 2.30. The smallest absolute Gasteiger partial charge is 0.376 e. The van der Waals surface area contributed by atoms with Gasteiger partial charge < -0.3 is 25.0 Å². The third-order valence-electron chi connectivity index (χ3n) is 3.50. The average molecular weight is 279 g/mol. The number of aryl methyl sites for hydroxylation is 1. The van der Waals surface area contributed by atoms with Gasteiger partial charge in [0.05, 0.1) is 12.4 Å². The summed E-state index contributed by atoms with van der Waals surface area (Å²) in [6, 6.07) is -0.244. The van der Waals surface area contributed by atoms with Crippen molar-refractivity contribution in [2.24, 2.45) is 0 Å². The van der Waals surface area contributed by atoms with Gasteiger partial charge in [0.1, 0.15) is 0 Å².